The van der Waals surface area contributed by atoms with E-state index in [1.807, 2.05) is 37.3 Å². The molecule has 0 aliphatic carbocycles. The van der Waals surface area contributed by atoms with Gasteiger partial charge < -0.3 is 5.32 Å². The van der Waals surface area contributed by atoms with Crippen LogP contribution in [0.2, 0.25) is 10.0 Å². The Balaban J connectivity index is 1.71. The van der Waals surface area contributed by atoms with Crippen molar-refractivity contribution in [3.05, 3.63) is 58.1 Å². The van der Waals surface area contributed by atoms with Crippen LogP contribution in [-0.4, -0.2) is 32.6 Å². The molecule has 0 bridgehead atoms. The Morgan fingerprint density at radius 3 is 2.63 bits per heavy atom. The molecule has 2 atom stereocenters. The Morgan fingerprint density at radius 1 is 1.11 bits per heavy atom. The van der Waals surface area contributed by atoms with Gasteiger partial charge in [-0.15, -0.1) is 10.2 Å². The maximum Gasteiger partial charge on any atom is 0.241 e. The van der Waals surface area contributed by atoms with Crippen LogP contribution >= 0.6 is 23.2 Å². The predicted molar refractivity (Wildman–Crippen MR) is 106 cm³/mol. The van der Waals surface area contributed by atoms with Crippen LogP contribution < -0.4 is 10.6 Å². The highest BCUT2D eigenvalue weighted by molar-refractivity contribution is 6.42. The van der Waals surface area contributed by atoms with Gasteiger partial charge in [0.1, 0.15) is 0 Å². The van der Waals surface area contributed by atoms with Gasteiger partial charge in [-0.2, -0.15) is 5.21 Å². The van der Waals surface area contributed by atoms with Crippen LogP contribution in [0.3, 0.4) is 0 Å². The number of halogens is 2. The number of aromatic amines is 1. The standard InChI is InChI=1S/C18H18Cl2N6O/c1-10(12-7-5-8-14(19)16(12)20)21-11(2)18(27)22-15-9-4-3-6-13(15)17-23-25-26-24-17/h3-11,21H,1-2H3,(H,22,27)(H,23,24,25,26). The van der Waals surface area contributed by atoms with E-state index in [0.29, 0.717) is 27.1 Å². The van der Waals surface area contributed by atoms with Crippen molar-refractivity contribution in [2.75, 3.05) is 5.32 Å². The van der Waals surface area contributed by atoms with Crippen LogP contribution in [0.5, 0.6) is 0 Å². The third-order valence-electron chi connectivity index (χ3n) is 4.11. The molecule has 1 heterocycles. The number of nitrogens with zero attached hydrogens (tertiary/aromatic N) is 3. The molecule has 9 heteroatoms. The van der Waals surface area contributed by atoms with E-state index in [0.717, 1.165) is 5.56 Å². The van der Waals surface area contributed by atoms with Crippen LogP contribution in [0.1, 0.15) is 25.5 Å². The fraction of sp³-hybridized carbons (Fsp3) is 0.222. The van der Waals surface area contributed by atoms with Gasteiger partial charge in [-0.05, 0) is 42.8 Å². The van der Waals surface area contributed by atoms with Crippen molar-refractivity contribution >= 4 is 34.8 Å². The zero-order valence-corrected chi connectivity index (χ0v) is 16.2. The van der Waals surface area contributed by atoms with Gasteiger partial charge in [0.25, 0.3) is 0 Å². The fourth-order valence-corrected chi connectivity index (χ4v) is 3.17. The fourth-order valence-electron chi connectivity index (χ4n) is 2.70. The highest BCUT2D eigenvalue weighted by atomic mass is 35.5. The lowest BCUT2D eigenvalue weighted by Gasteiger charge is -2.21. The molecule has 2 unspecified atom stereocenters. The molecule has 3 rings (SSSR count). The third kappa shape index (κ3) is 4.44. The van der Waals surface area contributed by atoms with E-state index >= 15 is 0 Å². The van der Waals surface area contributed by atoms with Gasteiger partial charge in [-0.3, -0.25) is 10.1 Å². The summed E-state index contributed by atoms with van der Waals surface area (Å²) in [6, 6.07) is 12.1. The number of hydrogen-bond donors (Lipinski definition) is 3. The first kappa shape index (κ1) is 19.3. The summed E-state index contributed by atoms with van der Waals surface area (Å²) in [6.45, 7) is 3.70. The largest absolute Gasteiger partial charge is 0.324 e. The maximum absolute atomic E-state index is 12.7. The van der Waals surface area contributed by atoms with Gasteiger partial charge in [0, 0.05) is 11.6 Å². The van der Waals surface area contributed by atoms with Crippen LogP contribution in [0.15, 0.2) is 42.5 Å². The Bertz CT molecular complexity index is 931. The number of H-pyrrole nitrogens is 1. The van der Waals surface area contributed by atoms with Crippen molar-refractivity contribution in [3.8, 4) is 11.4 Å². The summed E-state index contributed by atoms with van der Waals surface area (Å²) in [4.78, 5) is 12.7. The summed E-state index contributed by atoms with van der Waals surface area (Å²) >= 11 is 12.3. The van der Waals surface area contributed by atoms with Gasteiger partial charge in [0.15, 0.2) is 0 Å². The number of carbonyl (C=O) groups excluding carboxylic acids is 1. The topological polar surface area (TPSA) is 95.6 Å². The molecule has 1 aromatic heterocycles. The highest BCUT2D eigenvalue weighted by Gasteiger charge is 2.20. The Hall–Kier alpha value is -2.48. The smallest absolute Gasteiger partial charge is 0.241 e. The monoisotopic (exact) mass is 404 g/mol. The molecular formula is C18H18Cl2N6O. The summed E-state index contributed by atoms with van der Waals surface area (Å²) in [5.41, 5.74) is 2.11. The minimum Gasteiger partial charge on any atom is -0.324 e. The zero-order valence-electron chi connectivity index (χ0n) is 14.7. The van der Waals surface area contributed by atoms with Crippen LogP contribution in [0.25, 0.3) is 11.4 Å². The van der Waals surface area contributed by atoms with Crippen molar-refractivity contribution in [1.82, 2.24) is 25.9 Å². The maximum atomic E-state index is 12.7. The first-order chi connectivity index (χ1) is 13.0. The number of anilines is 1. The zero-order chi connectivity index (χ0) is 19.4. The Morgan fingerprint density at radius 2 is 1.89 bits per heavy atom. The molecule has 140 valence electrons. The first-order valence-electron chi connectivity index (χ1n) is 8.31. The molecule has 0 fully saturated rings. The van der Waals surface area contributed by atoms with Crippen molar-refractivity contribution in [2.24, 2.45) is 0 Å². The minimum absolute atomic E-state index is 0.163. The summed E-state index contributed by atoms with van der Waals surface area (Å²) in [5, 5.41) is 21.0. The third-order valence-corrected chi connectivity index (χ3v) is 4.95. The van der Waals surface area contributed by atoms with E-state index < -0.39 is 6.04 Å². The number of nitrogens with one attached hydrogen (secondary N) is 3. The molecule has 0 aliphatic heterocycles. The van der Waals surface area contributed by atoms with Gasteiger partial charge in [0.2, 0.25) is 11.7 Å². The average Bonchev–Trinajstić information content (AvgIpc) is 3.18. The Kier molecular flexibility index (Phi) is 6.05. The first-order valence-corrected chi connectivity index (χ1v) is 9.06. The number of hydrogen-bond acceptors (Lipinski definition) is 5. The second kappa shape index (κ2) is 8.47. The number of aromatic nitrogens is 4. The molecular weight excluding hydrogens is 387 g/mol. The number of rotatable bonds is 6. The lowest BCUT2D eigenvalue weighted by molar-refractivity contribution is -0.117. The van der Waals surface area contributed by atoms with Crippen molar-refractivity contribution in [2.45, 2.75) is 25.9 Å². The van der Waals surface area contributed by atoms with E-state index in [1.54, 1.807) is 19.1 Å². The van der Waals surface area contributed by atoms with E-state index in [2.05, 4.69) is 31.3 Å². The van der Waals surface area contributed by atoms with Crippen LogP contribution in [0, 0.1) is 0 Å². The molecule has 27 heavy (non-hydrogen) atoms. The molecule has 0 aliphatic rings. The minimum atomic E-state index is -0.478. The lowest BCUT2D eigenvalue weighted by Crippen LogP contribution is -2.39. The van der Waals surface area contributed by atoms with Gasteiger partial charge >= 0.3 is 0 Å². The molecule has 7 nitrogen and oxygen atoms in total. The SMILES string of the molecule is CC(NC(C)c1cccc(Cl)c1Cl)C(=O)Nc1ccccc1-c1nn[nH]n1. The highest BCUT2D eigenvalue weighted by Crippen LogP contribution is 2.30. The van der Waals surface area contributed by atoms with Crippen LogP contribution in [-0.2, 0) is 4.79 Å². The number of benzene rings is 2. The molecule has 3 N–H and O–H groups in total. The molecule has 0 saturated heterocycles. The van der Waals surface area contributed by atoms with Gasteiger partial charge in [0.05, 0.1) is 21.8 Å². The molecule has 2 aromatic carbocycles. The van der Waals surface area contributed by atoms with E-state index in [9.17, 15) is 4.79 Å². The van der Waals surface area contributed by atoms with Gasteiger partial charge in [-0.1, -0.05) is 47.5 Å². The molecule has 0 spiro atoms. The number of para-hydroxylation sites is 1. The van der Waals surface area contributed by atoms with Gasteiger partial charge in [-0.25, -0.2) is 0 Å². The van der Waals surface area contributed by atoms with E-state index in [1.165, 1.54) is 0 Å². The predicted octanol–water partition coefficient (Wildman–Crippen LogP) is 3.85. The van der Waals surface area contributed by atoms with E-state index in [-0.39, 0.29) is 11.9 Å². The second-order valence-corrected chi connectivity index (χ2v) is 6.81. The summed E-state index contributed by atoms with van der Waals surface area (Å²) in [5.74, 6) is 0.210. The number of carbonyl (C=O) groups is 1. The van der Waals surface area contributed by atoms with Crippen molar-refractivity contribution in [3.63, 3.8) is 0 Å². The Labute approximate surface area is 166 Å². The summed E-state index contributed by atoms with van der Waals surface area (Å²) in [7, 11) is 0. The molecule has 0 radical (unpaired) electrons. The average molecular weight is 405 g/mol. The summed E-state index contributed by atoms with van der Waals surface area (Å²) in [6.07, 6.45) is 0. The summed E-state index contributed by atoms with van der Waals surface area (Å²) < 4.78 is 0. The molecule has 1 amide bonds. The van der Waals surface area contributed by atoms with Crippen molar-refractivity contribution in [1.29, 1.82) is 0 Å². The quantitative estimate of drug-likeness (QED) is 0.579. The van der Waals surface area contributed by atoms with Crippen molar-refractivity contribution < 1.29 is 4.79 Å². The second-order valence-electron chi connectivity index (χ2n) is 6.02. The normalized spacial score (nSPS) is 13.2. The van der Waals surface area contributed by atoms with Crippen LogP contribution in [0.4, 0.5) is 5.69 Å². The van der Waals surface area contributed by atoms with E-state index in [4.69, 9.17) is 23.2 Å². The molecule has 0 saturated carbocycles. The lowest BCUT2D eigenvalue weighted by atomic mass is 10.1. The number of tetrazole rings is 1. The number of amides is 1. The molecule has 3 aromatic rings.